The quantitative estimate of drug-likeness (QED) is 0.822. The van der Waals surface area contributed by atoms with E-state index in [2.05, 4.69) is 5.32 Å². The largest absolute Gasteiger partial charge is 0.349 e. The van der Waals surface area contributed by atoms with Crippen LogP contribution in [-0.2, 0) is 0 Å². The van der Waals surface area contributed by atoms with Gasteiger partial charge in [-0.05, 0) is 49.3 Å². The van der Waals surface area contributed by atoms with Crippen molar-refractivity contribution < 1.29 is 9.18 Å². The van der Waals surface area contributed by atoms with Gasteiger partial charge in [0, 0.05) is 16.1 Å². The second-order valence-electron chi connectivity index (χ2n) is 5.22. The number of nitrogens with one attached hydrogen (secondary N) is 1. The summed E-state index contributed by atoms with van der Waals surface area (Å²) in [5.41, 5.74) is 0. The first kappa shape index (κ1) is 13.8. The van der Waals surface area contributed by atoms with Gasteiger partial charge in [0.05, 0.1) is 4.88 Å². The molecule has 0 saturated heterocycles. The number of fused-ring (bicyclic) bond motifs is 1. The van der Waals surface area contributed by atoms with E-state index in [0.29, 0.717) is 4.88 Å². The van der Waals surface area contributed by atoms with Crippen LogP contribution in [0.5, 0.6) is 0 Å². The van der Waals surface area contributed by atoms with Gasteiger partial charge >= 0.3 is 0 Å². The standard InChI is InChI=1S/C15H15ClFNOS/c16-10-2-5-12(6-3-10)18-15(19)14-7-9-1-4-11(17)8-13(9)20-14/h1,4,7-8,10,12H,2-3,5-6H2,(H,18,19). The smallest absolute Gasteiger partial charge is 0.261 e. The first-order valence-corrected chi connectivity index (χ1v) is 8.01. The summed E-state index contributed by atoms with van der Waals surface area (Å²) in [6.07, 6.45) is 3.76. The van der Waals surface area contributed by atoms with Crippen LogP contribution in [0.25, 0.3) is 10.1 Å². The van der Waals surface area contributed by atoms with E-state index < -0.39 is 0 Å². The van der Waals surface area contributed by atoms with Gasteiger partial charge in [-0.1, -0.05) is 6.07 Å². The lowest BCUT2D eigenvalue weighted by molar-refractivity contribution is 0.0932. The summed E-state index contributed by atoms with van der Waals surface area (Å²) in [6, 6.07) is 6.62. The van der Waals surface area contributed by atoms with Gasteiger partial charge in [0.15, 0.2) is 0 Å². The maximum Gasteiger partial charge on any atom is 0.261 e. The Labute approximate surface area is 125 Å². The van der Waals surface area contributed by atoms with Crippen molar-refractivity contribution in [2.75, 3.05) is 0 Å². The number of rotatable bonds is 2. The Bertz CT molecular complexity index is 634. The Kier molecular flexibility index (Phi) is 3.94. The molecule has 1 fully saturated rings. The molecular weight excluding hydrogens is 297 g/mol. The summed E-state index contributed by atoms with van der Waals surface area (Å²) in [6.45, 7) is 0. The number of carbonyl (C=O) groups excluding carboxylic acids is 1. The number of thiophene rings is 1. The van der Waals surface area contributed by atoms with Crippen molar-refractivity contribution in [1.29, 1.82) is 0 Å². The lowest BCUT2D eigenvalue weighted by Gasteiger charge is -2.25. The van der Waals surface area contributed by atoms with Crippen molar-refractivity contribution >= 4 is 38.9 Å². The maximum absolute atomic E-state index is 13.1. The molecule has 0 spiro atoms. The molecule has 0 aliphatic heterocycles. The monoisotopic (exact) mass is 311 g/mol. The molecule has 5 heteroatoms. The molecule has 1 aromatic carbocycles. The number of benzene rings is 1. The number of amides is 1. The molecule has 2 aromatic rings. The summed E-state index contributed by atoms with van der Waals surface area (Å²) < 4.78 is 14.0. The minimum atomic E-state index is -0.272. The fraction of sp³-hybridized carbons (Fsp3) is 0.400. The third-order valence-electron chi connectivity index (χ3n) is 3.70. The highest BCUT2D eigenvalue weighted by Crippen LogP contribution is 2.27. The van der Waals surface area contributed by atoms with Crippen LogP contribution in [-0.4, -0.2) is 17.3 Å². The third-order valence-corrected chi connectivity index (χ3v) is 5.23. The van der Waals surface area contributed by atoms with Crippen molar-refractivity contribution in [3.05, 3.63) is 35.0 Å². The van der Waals surface area contributed by atoms with E-state index in [1.807, 2.05) is 6.07 Å². The minimum Gasteiger partial charge on any atom is -0.349 e. The zero-order chi connectivity index (χ0) is 14.1. The van der Waals surface area contributed by atoms with E-state index in [0.717, 1.165) is 35.8 Å². The predicted molar refractivity (Wildman–Crippen MR) is 81.1 cm³/mol. The van der Waals surface area contributed by atoms with Crippen molar-refractivity contribution in [2.45, 2.75) is 37.1 Å². The summed E-state index contributed by atoms with van der Waals surface area (Å²) in [7, 11) is 0. The molecule has 106 valence electrons. The molecule has 20 heavy (non-hydrogen) atoms. The van der Waals surface area contributed by atoms with Crippen LogP contribution in [0.1, 0.15) is 35.4 Å². The summed E-state index contributed by atoms with van der Waals surface area (Å²) in [5, 5.41) is 4.20. The average Bonchev–Trinajstić information content (AvgIpc) is 2.84. The fourth-order valence-electron chi connectivity index (χ4n) is 2.57. The van der Waals surface area contributed by atoms with Crippen LogP contribution in [0.15, 0.2) is 24.3 Å². The topological polar surface area (TPSA) is 29.1 Å². The van der Waals surface area contributed by atoms with E-state index in [1.165, 1.54) is 23.5 Å². The molecule has 0 bridgehead atoms. The fourth-order valence-corrected chi connectivity index (χ4v) is 3.81. The highest BCUT2D eigenvalue weighted by atomic mass is 35.5. The van der Waals surface area contributed by atoms with Gasteiger partial charge in [0.2, 0.25) is 0 Å². The predicted octanol–water partition coefficient (Wildman–Crippen LogP) is 4.32. The third kappa shape index (κ3) is 2.96. The molecule has 1 saturated carbocycles. The van der Waals surface area contributed by atoms with Gasteiger partial charge in [-0.3, -0.25) is 4.79 Å². The molecule has 1 aliphatic rings. The minimum absolute atomic E-state index is 0.0652. The molecule has 1 amide bonds. The number of alkyl halides is 1. The molecule has 1 aromatic heterocycles. The molecule has 3 rings (SSSR count). The summed E-state index contributed by atoms with van der Waals surface area (Å²) >= 11 is 7.39. The van der Waals surface area contributed by atoms with Gasteiger partial charge < -0.3 is 5.32 Å². The molecule has 2 nitrogen and oxygen atoms in total. The van der Waals surface area contributed by atoms with Gasteiger partial charge in [-0.15, -0.1) is 22.9 Å². The SMILES string of the molecule is O=C(NC1CCC(Cl)CC1)c1cc2ccc(F)cc2s1. The number of hydrogen-bond acceptors (Lipinski definition) is 2. The van der Waals surface area contributed by atoms with Gasteiger partial charge in [-0.25, -0.2) is 4.39 Å². The Balaban J connectivity index is 1.72. The number of halogens is 2. The van der Waals surface area contributed by atoms with Gasteiger partial charge in [-0.2, -0.15) is 0 Å². The van der Waals surface area contributed by atoms with Crippen molar-refractivity contribution in [1.82, 2.24) is 5.32 Å². The van der Waals surface area contributed by atoms with Crippen molar-refractivity contribution in [3.8, 4) is 0 Å². The Morgan fingerprint density at radius 1 is 1.25 bits per heavy atom. The molecular formula is C15H15ClFNOS. The van der Waals surface area contributed by atoms with E-state index in [1.54, 1.807) is 6.07 Å². The lowest BCUT2D eigenvalue weighted by atomic mass is 9.95. The van der Waals surface area contributed by atoms with Crippen LogP contribution >= 0.6 is 22.9 Å². The van der Waals surface area contributed by atoms with E-state index in [-0.39, 0.29) is 23.1 Å². The molecule has 1 N–H and O–H groups in total. The number of carbonyl (C=O) groups is 1. The average molecular weight is 312 g/mol. The van der Waals surface area contributed by atoms with Crippen LogP contribution in [0.3, 0.4) is 0 Å². The Hall–Kier alpha value is -1.13. The van der Waals surface area contributed by atoms with Gasteiger partial charge in [0.25, 0.3) is 5.91 Å². The number of hydrogen-bond donors (Lipinski definition) is 1. The van der Waals surface area contributed by atoms with Crippen LogP contribution in [0.2, 0.25) is 0 Å². The summed E-state index contributed by atoms with van der Waals surface area (Å²) in [4.78, 5) is 12.9. The van der Waals surface area contributed by atoms with Crippen molar-refractivity contribution in [2.24, 2.45) is 0 Å². The van der Waals surface area contributed by atoms with Crippen molar-refractivity contribution in [3.63, 3.8) is 0 Å². The normalized spacial score (nSPS) is 22.9. The van der Waals surface area contributed by atoms with Crippen LogP contribution < -0.4 is 5.32 Å². The maximum atomic E-state index is 13.1. The first-order chi connectivity index (χ1) is 9.61. The Morgan fingerprint density at radius 2 is 2.00 bits per heavy atom. The van der Waals surface area contributed by atoms with Crippen LogP contribution in [0, 0.1) is 5.82 Å². The first-order valence-electron chi connectivity index (χ1n) is 6.76. The molecule has 1 aliphatic carbocycles. The zero-order valence-corrected chi connectivity index (χ0v) is 12.4. The lowest BCUT2D eigenvalue weighted by Crippen LogP contribution is -2.37. The highest BCUT2D eigenvalue weighted by molar-refractivity contribution is 7.20. The second kappa shape index (κ2) is 5.70. The molecule has 0 unspecified atom stereocenters. The van der Waals surface area contributed by atoms with Gasteiger partial charge in [0.1, 0.15) is 5.82 Å². The van der Waals surface area contributed by atoms with E-state index in [9.17, 15) is 9.18 Å². The molecule has 0 radical (unpaired) electrons. The van der Waals surface area contributed by atoms with Crippen LogP contribution in [0.4, 0.5) is 4.39 Å². The molecule has 1 heterocycles. The molecule has 0 atom stereocenters. The second-order valence-corrected chi connectivity index (χ2v) is 6.92. The highest BCUT2D eigenvalue weighted by Gasteiger charge is 2.22. The summed E-state index contributed by atoms with van der Waals surface area (Å²) in [5.74, 6) is -0.337. The van der Waals surface area contributed by atoms with E-state index >= 15 is 0 Å². The Morgan fingerprint density at radius 3 is 2.75 bits per heavy atom. The van der Waals surface area contributed by atoms with E-state index in [4.69, 9.17) is 11.6 Å². The zero-order valence-electron chi connectivity index (χ0n) is 10.9.